The maximum Gasteiger partial charge on any atom is 0.125 e. The van der Waals surface area contributed by atoms with E-state index in [0.29, 0.717) is 0 Å². The topological polar surface area (TPSA) is 41.5 Å². The van der Waals surface area contributed by atoms with Crippen LogP contribution in [0, 0.1) is 0 Å². The Hall–Kier alpha value is -0.580. The summed E-state index contributed by atoms with van der Waals surface area (Å²) in [4.78, 5) is 0. The Labute approximate surface area is 110 Å². The van der Waals surface area contributed by atoms with Crippen LogP contribution in [0.1, 0.15) is 31.4 Å². The van der Waals surface area contributed by atoms with E-state index in [-0.39, 0.29) is 18.7 Å². The lowest BCUT2D eigenvalue weighted by Crippen LogP contribution is -2.33. The molecule has 2 rings (SSSR count). The summed E-state index contributed by atoms with van der Waals surface area (Å²) in [6.07, 6.45) is 2.07. The summed E-state index contributed by atoms with van der Waals surface area (Å²) < 4.78 is 6.78. The Kier molecular flexibility index (Phi) is 4.42. The van der Waals surface area contributed by atoms with Crippen molar-refractivity contribution in [1.82, 2.24) is 5.32 Å². The lowest BCUT2D eigenvalue weighted by atomic mass is 10.0. The molecule has 3 nitrogen and oxygen atoms in total. The first-order chi connectivity index (χ1) is 8.20. The van der Waals surface area contributed by atoms with Gasteiger partial charge in [0.2, 0.25) is 0 Å². The van der Waals surface area contributed by atoms with Crippen LogP contribution >= 0.6 is 15.9 Å². The van der Waals surface area contributed by atoms with Gasteiger partial charge in [0, 0.05) is 22.1 Å². The first kappa shape index (κ1) is 12.9. The van der Waals surface area contributed by atoms with E-state index in [9.17, 15) is 0 Å². The molecule has 1 aliphatic heterocycles. The second-order valence-corrected chi connectivity index (χ2v) is 5.39. The summed E-state index contributed by atoms with van der Waals surface area (Å²) in [5.41, 5.74) is 1.19. The molecule has 1 aromatic rings. The number of rotatable bonds is 3. The van der Waals surface area contributed by atoms with E-state index in [1.807, 2.05) is 19.1 Å². The standard InChI is InChI=1S/C13H18BrNO2/c1-9(8-16)15-12-3-2-6-17-13-7-10(14)4-5-11(12)13/h4-5,7,9,12,15-16H,2-3,6,8H2,1H3/t9-,12?/m1/s1. The molecule has 0 spiro atoms. The van der Waals surface area contributed by atoms with Crippen LogP contribution < -0.4 is 10.1 Å². The van der Waals surface area contributed by atoms with Crippen molar-refractivity contribution in [2.24, 2.45) is 0 Å². The highest BCUT2D eigenvalue weighted by Crippen LogP contribution is 2.33. The molecule has 0 aliphatic carbocycles. The molecular weight excluding hydrogens is 282 g/mol. The van der Waals surface area contributed by atoms with E-state index in [4.69, 9.17) is 9.84 Å². The SMILES string of the molecule is C[C@H](CO)NC1CCCOc2cc(Br)ccc21. The van der Waals surface area contributed by atoms with Gasteiger partial charge in [-0.3, -0.25) is 0 Å². The Bertz CT molecular complexity index is 384. The van der Waals surface area contributed by atoms with Gasteiger partial charge in [0.1, 0.15) is 5.75 Å². The van der Waals surface area contributed by atoms with Crippen molar-refractivity contribution in [3.8, 4) is 5.75 Å². The van der Waals surface area contributed by atoms with E-state index in [0.717, 1.165) is 29.7 Å². The van der Waals surface area contributed by atoms with Crippen LogP contribution in [0.2, 0.25) is 0 Å². The van der Waals surface area contributed by atoms with Gasteiger partial charge in [0.05, 0.1) is 13.2 Å². The highest BCUT2D eigenvalue weighted by Gasteiger charge is 2.20. The number of aliphatic hydroxyl groups excluding tert-OH is 1. The molecule has 0 amide bonds. The summed E-state index contributed by atoms with van der Waals surface area (Å²) in [7, 11) is 0. The molecule has 0 saturated carbocycles. The van der Waals surface area contributed by atoms with E-state index in [1.165, 1.54) is 5.56 Å². The van der Waals surface area contributed by atoms with Gasteiger partial charge in [-0.05, 0) is 31.9 Å². The number of aliphatic hydroxyl groups is 1. The van der Waals surface area contributed by atoms with Crippen molar-refractivity contribution >= 4 is 15.9 Å². The fourth-order valence-electron chi connectivity index (χ4n) is 2.12. The summed E-state index contributed by atoms with van der Waals surface area (Å²) >= 11 is 3.46. The highest BCUT2D eigenvalue weighted by atomic mass is 79.9. The first-order valence-corrected chi connectivity index (χ1v) is 6.79. The molecule has 17 heavy (non-hydrogen) atoms. The zero-order chi connectivity index (χ0) is 12.3. The number of hydrogen-bond acceptors (Lipinski definition) is 3. The summed E-state index contributed by atoms with van der Waals surface area (Å²) in [5.74, 6) is 0.944. The minimum Gasteiger partial charge on any atom is -0.493 e. The summed E-state index contributed by atoms with van der Waals surface area (Å²) in [6, 6.07) is 6.51. The quantitative estimate of drug-likeness (QED) is 0.901. The summed E-state index contributed by atoms with van der Waals surface area (Å²) in [6.45, 7) is 2.91. The molecule has 2 N–H and O–H groups in total. The van der Waals surface area contributed by atoms with Crippen LogP contribution in [0.25, 0.3) is 0 Å². The van der Waals surface area contributed by atoms with Crippen LogP contribution in [0.4, 0.5) is 0 Å². The van der Waals surface area contributed by atoms with Gasteiger partial charge in [-0.2, -0.15) is 0 Å². The summed E-state index contributed by atoms with van der Waals surface area (Å²) in [5, 5.41) is 12.6. The van der Waals surface area contributed by atoms with Crippen LogP contribution in [0.3, 0.4) is 0 Å². The molecule has 0 radical (unpaired) electrons. The van der Waals surface area contributed by atoms with Gasteiger partial charge >= 0.3 is 0 Å². The number of ether oxygens (including phenoxy) is 1. The first-order valence-electron chi connectivity index (χ1n) is 6.00. The number of hydrogen-bond donors (Lipinski definition) is 2. The molecule has 2 atom stereocenters. The van der Waals surface area contributed by atoms with Gasteiger partial charge in [0.25, 0.3) is 0 Å². The molecular formula is C13H18BrNO2. The van der Waals surface area contributed by atoms with Crippen molar-refractivity contribution < 1.29 is 9.84 Å². The fraction of sp³-hybridized carbons (Fsp3) is 0.538. The lowest BCUT2D eigenvalue weighted by Gasteiger charge is -2.22. The van der Waals surface area contributed by atoms with E-state index < -0.39 is 0 Å². The second-order valence-electron chi connectivity index (χ2n) is 4.48. The molecule has 1 aromatic carbocycles. The van der Waals surface area contributed by atoms with E-state index in [1.54, 1.807) is 0 Å². The predicted octanol–water partition coefficient (Wildman–Crippen LogP) is 2.63. The van der Waals surface area contributed by atoms with E-state index in [2.05, 4.69) is 27.3 Å². The number of nitrogens with one attached hydrogen (secondary N) is 1. The second kappa shape index (κ2) is 5.85. The number of benzene rings is 1. The van der Waals surface area contributed by atoms with Crippen LogP contribution in [-0.4, -0.2) is 24.4 Å². The molecule has 0 saturated heterocycles. The average molecular weight is 300 g/mol. The Morgan fingerprint density at radius 3 is 3.18 bits per heavy atom. The Balaban J connectivity index is 2.23. The highest BCUT2D eigenvalue weighted by molar-refractivity contribution is 9.10. The van der Waals surface area contributed by atoms with Gasteiger partial charge in [-0.25, -0.2) is 0 Å². The molecule has 1 aliphatic rings. The zero-order valence-electron chi connectivity index (χ0n) is 9.95. The molecule has 0 bridgehead atoms. The Morgan fingerprint density at radius 2 is 2.41 bits per heavy atom. The Morgan fingerprint density at radius 1 is 1.59 bits per heavy atom. The number of fused-ring (bicyclic) bond motifs is 1. The van der Waals surface area contributed by atoms with Gasteiger partial charge in [-0.15, -0.1) is 0 Å². The van der Waals surface area contributed by atoms with Crippen molar-refractivity contribution in [1.29, 1.82) is 0 Å². The molecule has 94 valence electrons. The van der Waals surface area contributed by atoms with Crippen LogP contribution in [0.15, 0.2) is 22.7 Å². The average Bonchev–Trinajstić information content (AvgIpc) is 2.51. The van der Waals surface area contributed by atoms with Gasteiger partial charge < -0.3 is 15.2 Å². The molecule has 0 aromatic heterocycles. The maximum absolute atomic E-state index is 9.13. The number of halogens is 1. The van der Waals surface area contributed by atoms with Crippen LogP contribution in [-0.2, 0) is 0 Å². The molecule has 1 unspecified atom stereocenters. The van der Waals surface area contributed by atoms with Gasteiger partial charge in [0.15, 0.2) is 0 Å². The van der Waals surface area contributed by atoms with Crippen molar-refractivity contribution in [2.45, 2.75) is 31.8 Å². The van der Waals surface area contributed by atoms with Crippen molar-refractivity contribution in [2.75, 3.05) is 13.2 Å². The minimum atomic E-state index is 0.106. The molecule has 4 heteroatoms. The third-order valence-corrected chi connectivity index (χ3v) is 3.50. The van der Waals surface area contributed by atoms with Crippen molar-refractivity contribution in [3.05, 3.63) is 28.2 Å². The van der Waals surface area contributed by atoms with Gasteiger partial charge in [-0.1, -0.05) is 22.0 Å². The monoisotopic (exact) mass is 299 g/mol. The maximum atomic E-state index is 9.13. The zero-order valence-corrected chi connectivity index (χ0v) is 11.5. The lowest BCUT2D eigenvalue weighted by molar-refractivity contribution is 0.238. The molecule has 0 fully saturated rings. The fourth-order valence-corrected chi connectivity index (χ4v) is 2.46. The predicted molar refractivity (Wildman–Crippen MR) is 71.3 cm³/mol. The smallest absolute Gasteiger partial charge is 0.125 e. The third kappa shape index (κ3) is 3.21. The van der Waals surface area contributed by atoms with E-state index >= 15 is 0 Å². The van der Waals surface area contributed by atoms with Crippen LogP contribution in [0.5, 0.6) is 5.75 Å². The largest absolute Gasteiger partial charge is 0.493 e. The molecule has 1 heterocycles. The normalized spacial score (nSPS) is 21.2. The minimum absolute atomic E-state index is 0.106. The third-order valence-electron chi connectivity index (χ3n) is 3.01. The van der Waals surface area contributed by atoms with Crippen molar-refractivity contribution in [3.63, 3.8) is 0 Å².